The van der Waals surface area contributed by atoms with Gasteiger partial charge in [0.1, 0.15) is 17.5 Å². The van der Waals surface area contributed by atoms with E-state index in [0.717, 1.165) is 17.0 Å². The molecule has 1 fully saturated rings. The van der Waals surface area contributed by atoms with E-state index in [4.69, 9.17) is 0 Å². The van der Waals surface area contributed by atoms with Crippen LogP contribution in [0.4, 0.5) is 18.0 Å². The summed E-state index contributed by atoms with van der Waals surface area (Å²) >= 11 is 0. The molecule has 0 spiro atoms. The largest absolute Gasteiger partial charge is 0.573 e. The first-order valence-electron chi connectivity index (χ1n) is 9.54. The first kappa shape index (κ1) is 20.8. The van der Waals surface area contributed by atoms with Crippen LogP contribution in [0, 0.1) is 5.92 Å². The zero-order valence-corrected chi connectivity index (χ0v) is 16.1. The van der Waals surface area contributed by atoms with E-state index in [1.165, 1.54) is 23.2 Å². The quantitative estimate of drug-likeness (QED) is 0.732. The minimum absolute atomic E-state index is 0.0600. The fourth-order valence-electron chi connectivity index (χ4n) is 3.81. The number of likely N-dealkylation sites (tertiary alicyclic amines) is 1. The summed E-state index contributed by atoms with van der Waals surface area (Å²) in [4.78, 5) is 48.3. The van der Waals surface area contributed by atoms with E-state index in [2.05, 4.69) is 14.7 Å². The number of hydrogen-bond acceptors (Lipinski definition) is 5. The number of rotatable bonds is 3. The lowest BCUT2D eigenvalue weighted by Crippen LogP contribution is -2.54. The Kier molecular flexibility index (Phi) is 5.34. The molecule has 8 nitrogen and oxygen atoms in total. The highest BCUT2D eigenvalue weighted by Crippen LogP contribution is 2.27. The zero-order chi connectivity index (χ0) is 22.2. The Bertz CT molecular complexity index is 1010. The van der Waals surface area contributed by atoms with E-state index in [-0.39, 0.29) is 24.5 Å². The van der Waals surface area contributed by atoms with Gasteiger partial charge in [0.05, 0.1) is 0 Å². The summed E-state index contributed by atoms with van der Waals surface area (Å²) in [5, 5.41) is 0. The topological polar surface area (TPSA) is 91.6 Å². The van der Waals surface area contributed by atoms with Crippen LogP contribution in [0.1, 0.15) is 23.2 Å². The summed E-state index contributed by atoms with van der Waals surface area (Å²) < 4.78 is 41.1. The molecule has 0 saturated carbocycles. The van der Waals surface area contributed by atoms with Crippen molar-refractivity contribution in [1.29, 1.82) is 0 Å². The SMILES string of the molecule is O=C(c1cccc(OC(F)(F)F)c1)N1CCC(N2C(=O)N=C3N=CC=CC3C2=O)CC1. The lowest BCUT2D eigenvalue weighted by molar-refractivity contribution is -0.274. The molecule has 1 aromatic carbocycles. The number of carbonyl (C=O) groups is 3. The van der Waals surface area contributed by atoms with Crippen molar-refractivity contribution in [2.24, 2.45) is 15.9 Å². The monoisotopic (exact) mass is 434 g/mol. The van der Waals surface area contributed by atoms with Gasteiger partial charge in [0, 0.05) is 30.9 Å². The predicted octanol–water partition coefficient (Wildman–Crippen LogP) is 2.81. The second-order valence-electron chi connectivity index (χ2n) is 7.20. The molecule has 1 aromatic rings. The van der Waals surface area contributed by atoms with Crippen LogP contribution in [0.25, 0.3) is 0 Å². The smallest absolute Gasteiger partial charge is 0.406 e. The number of piperidine rings is 1. The van der Waals surface area contributed by atoms with Crippen molar-refractivity contribution in [3.8, 4) is 5.75 Å². The van der Waals surface area contributed by atoms with Crippen molar-refractivity contribution in [2.45, 2.75) is 25.2 Å². The van der Waals surface area contributed by atoms with E-state index in [0.29, 0.717) is 12.8 Å². The van der Waals surface area contributed by atoms with E-state index < -0.39 is 41.9 Å². The van der Waals surface area contributed by atoms with Crippen LogP contribution in [-0.4, -0.2) is 65.2 Å². The molecular weight excluding hydrogens is 417 g/mol. The van der Waals surface area contributed by atoms with E-state index in [1.807, 2.05) is 0 Å². The number of imide groups is 1. The van der Waals surface area contributed by atoms with Crippen molar-refractivity contribution in [3.63, 3.8) is 0 Å². The van der Waals surface area contributed by atoms with Gasteiger partial charge < -0.3 is 9.64 Å². The molecule has 0 N–H and O–H groups in total. The molecule has 31 heavy (non-hydrogen) atoms. The highest BCUT2D eigenvalue weighted by Gasteiger charge is 2.41. The number of alkyl halides is 3. The molecule has 1 saturated heterocycles. The van der Waals surface area contributed by atoms with E-state index in [9.17, 15) is 27.6 Å². The van der Waals surface area contributed by atoms with Crippen molar-refractivity contribution in [1.82, 2.24) is 9.80 Å². The number of carbonyl (C=O) groups excluding carboxylic acids is 3. The molecule has 0 radical (unpaired) electrons. The van der Waals surface area contributed by atoms with Crippen LogP contribution in [0.2, 0.25) is 0 Å². The number of amidine groups is 1. The second kappa shape index (κ2) is 7.97. The Morgan fingerprint density at radius 3 is 2.61 bits per heavy atom. The van der Waals surface area contributed by atoms with Gasteiger partial charge in [-0.1, -0.05) is 12.1 Å². The third kappa shape index (κ3) is 4.35. The van der Waals surface area contributed by atoms with E-state index >= 15 is 0 Å². The van der Waals surface area contributed by atoms with Gasteiger partial charge in [-0.15, -0.1) is 13.2 Å². The summed E-state index contributed by atoms with van der Waals surface area (Å²) in [5.74, 6) is -1.85. The number of nitrogens with zero attached hydrogens (tertiary/aromatic N) is 4. The molecule has 3 heterocycles. The number of allylic oxidation sites excluding steroid dienone is 1. The normalized spacial score (nSPS) is 21.8. The number of aliphatic imine (C=N–C) groups is 2. The van der Waals surface area contributed by atoms with Gasteiger partial charge in [0.15, 0.2) is 0 Å². The molecule has 1 atom stereocenters. The number of ether oxygens (including phenoxy) is 1. The maximum absolute atomic E-state index is 12.8. The summed E-state index contributed by atoms with van der Waals surface area (Å²) in [6.07, 6.45) is 0.536. The van der Waals surface area contributed by atoms with Crippen molar-refractivity contribution >= 4 is 29.9 Å². The molecular formula is C20H17F3N4O4. The lowest BCUT2D eigenvalue weighted by Gasteiger charge is -2.39. The molecule has 11 heteroatoms. The van der Waals surface area contributed by atoms with E-state index in [1.54, 1.807) is 12.2 Å². The number of amides is 4. The van der Waals surface area contributed by atoms with Gasteiger partial charge >= 0.3 is 12.4 Å². The van der Waals surface area contributed by atoms with Crippen molar-refractivity contribution in [3.05, 3.63) is 42.0 Å². The Morgan fingerprint density at radius 1 is 1.16 bits per heavy atom. The number of urea groups is 1. The van der Waals surface area contributed by atoms with Crippen LogP contribution < -0.4 is 4.74 Å². The van der Waals surface area contributed by atoms with Gasteiger partial charge in [-0.25, -0.2) is 9.79 Å². The zero-order valence-electron chi connectivity index (χ0n) is 16.1. The highest BCUT2D eigenvalue weighted by atomic mass is 19.4. The molecule has 0 aliphatic carbocycles. The first-order valence-corrected chi connectivity index (χ1v) is 9.54. The Labute approximate surface area is 174 Å². The maximum atomic E-state index is 12.8. The van der Waals surface area contributed by atoms with Crippen LogP contribution in [-0.2, 0) is 4.79 Å². The van der Waals surface area contributed by atoms with Gasteiger partial charge in [-0.05, 0) is 37.1 Å². The van der Waals surface area contributed by atoms with Crippen molar-refractivity contribution < 1.29 is 32.3 Å². The molecule has 162 valence electrons. The molecule has 3 aliphatic rings. The first-order chi connectivity index (χ1) is 14.7. The van der Waals surface area contributed by atoms with Crippen LogP contribution in [0.15, 0.2) is 46.4 Å². The minimum Gasteiger partial charge on any atom is -0.406 e. The summed E-state index contributed by atoms with van der Waals surface area (Å²) in [5.41, 5.74) is 0.0600. The summed E-state index contributed by atoms with van der Waals surface area (Å²) in [6.45, 7) is 0.473. The van der Waals surface area contributed by atoms with Crippen LogP contribution in [0.5, 0.6) is 5.75 Å². The molecule has 1 unspecified atom stereocenters. The average Bonchev–Trinajstić information content (AvgIpc) is 2.73. The number of benzene rings is 1. The molecule has 3 aliphatic heterocycles. The number of halogens is 3. The number of dihydropyridines is 1. The Morgan fingerprint density at radius 2 is 1.90 bits per heavy atom. The third-order valence-electron chi connectivity index (χ3n) is 5.23. The summed E-state index contributed by atoms with van der Waals surface area (Å²) in [7, 11) is 0. The predicted molar refractivity (Wildman–Crippen MR) is 103 cm³/mol. The minimum atomic E-state index is -4.85. The standard InChI is InChI=1S/C20H17F3N4O4/c21-20(22,23)31-14-4-1-3-12(11-14)17(28)26-9-6-13(7-10-26)27-18(29)15-5-2-8-24-16(15)25-19(27)30/h1-5,8,11,13,15H,6-7,9-10H2. The fourth-order valence-corrected chi connectivity index (χ4v) is 3.81. The highest BCUT2D eigenvalue weighted by molar-refractivity contribution is 6.19. The fraction of sp³-hybridized carbons (Fsp3) is 0.350. The molecule has 4 amide bonds. The third-order valence-corrected chi connectivity index (χ3v) is 5.23. The Hall–Kier alpha value is -3.50. The second-order valence-corrected chi connectivity index (χ2v) is 7.20. The maximum Gasteiger partial charge on any atom is 0.573 e. The van der Waals surface area contributed by atoms with Gasteiger partial charge in [0.2, 0.25) is 5.91 Å². The van der Waals surface area contributed by atoms with Gasteiger partial charge in [-0.2, -0.15) is 4.99 Å². The number of hydrogen-bond donors (Lipinski definition) is 0. The molecule has 0 aromatic heterocycles. The average molecular weight is 434 g/mol. The number of fused-ring (bicyclic) bond motifs is 1. The van der Waals surface area contributed by atoms with Gasteiger partial charge in [-0.3, -0.25) is 14.5 Å². The molecule has 0 bridgehead atoms. The van der Waals surface area contributed by atoms with Crippen LogP contribution in [0.3, 0.4) is 0 Å². The van der Waals surface area contributed by atoms with Crippen molar-refractivity contribution in [2.75, 3.05) is 13.1 Å². The molecule has 4 rings (SSSR count). The summed E-state index contributed by atoms with van der Waals surface area (Å²) in [6, 6.07) is 3.76. The Balaban J connectivity index is 1.42. The van der Waals surface area contributed by atoms with Crippen LogP contribution >= 0.6 is 0 Å². The van der Waals surface area contributed by atoms with Gasteiger partial charge in [0.25, 0.3) is 5.91 Å². The lowest BCUT2D eigenvalue weighted by atomic mass is 9.97.